The van der Waals surface area contributed by atoms with Crippen molar-refractivity contribution in [1.82, 2.24) is 15.1 Å². The predicted molar refractivity (Wildman–Crippen MR) is 84.5 cm³/mol. The number of hydrogen-bond acceptors (Lipinski definition) is 3. The molecule has 2 aromatic rings. The number of carbonyl (C=O) groups is 2. The highest BCUT2D eigenvalue weighted by molar-refractivity contribution is 5.95. The molecule has 23 heavy (non-hydrogen) atoms. The van der Waals surface area contributed by atoms with Crippen LogP contribution in [0.5, 0.6) is 0 Å². The van der Waals surface area contributed by atoms with Gasteiger partial charge >= 0.3 is 5.97 Å². The van der Waals surface area contributed by atoms with Crippen molar-refractivity contribution >= 4 is 11.9 Å². The van der Waals surface area contributed by atoms with E-state index >= 15 is 0 Å². The van der Waals surface area contributed by atoms with Gasteiger partial charge in [0.15, 0.2) is 0 Å². The van der Waals surface area contributed by atoms with Crippen molar-refractivity contribution in [3.8, 4) is 5.69 Å². The van der Waals surface area contributed by atoms with E-state index in [0.717, 1.165) is 5.69 Å². The van der Waals surface area contributed by atoms with Crippen LogP contribution in [-0.4, -0.2) is 32.8 Å². The fourth-order valence-corrected chi connectivity index (χ4v) is 3.00. The summed E-state index contributed by atoms with van der Waals surface area (Å²) in [6, 6.07) is 9.51. The van der Waals surface area contributed by atoms with Crippen molar-refractivity contribution in [3.05, 3.63) is 47.8 Å². The molecule has 0 bridgehead atoms. The number of amides is 1. The molecule has 6 heteroatoms. The molecule has 2 atom stereocenters. The molecule has 1 aliphatic rings. The van der Waals surface area contributed by atoms with Crippen molar-refractivity contribution in [2.75, 3.05) is 0 Å². The molecular formula is C17H19N3O3. The molecule has 0 aliphatic heterocycles. The number of carbonyl (C=O) groups excluding carboxylic acids is 1. The van der Waals surface area contributed by atoms with E-state index in [9.17, 15) is 9.59 Å². The van der Waals surface area contributed by atoms with Gasteiger partial charge in [-0.05, 0) is 38.3 Å². The lowest BCUT2D eigenvalue weighted by atomic mass is 10.1. The van der Waals surface area contributed by atoms with Gasteiger partial charge in [-0.3, -0.25) is 9.59 Å². The summed E-state index contributed by atoms with van der Waals surface area (Å²) >= 11 is 0. The van der Waals surface area contributed by atoms with Crippen molar-refractivity contribution in [2.24, 2.45) is 5.92 Å². The summed E-state index contributed by atoms with van der Waals surface area (Å²) in [5.41, 5.74) is 2.06. The average molecular weight is 313 g/mol. The number of nitrogens with one attached hydrogen (secondary N) is 1. The van der Waals surface area contributed by atoms with E-state index < -0.39 is 5.97 Å². The zero-order chi connectivity index (χ0) is 16.4. The van der Waals surface area contributed by atoms with Crippen LogP contribution in [0.4, 0.5) is 0 Å². The summed E-state index contributed by atoms with van der Waals surface area (Å²) < 4.78 is 1.68. The van der Waals surface area contributed by atoms with Crippen molar-refractivity contribution in [1.29, 1.82) is 0 Å². The zero-order valence-electron chi connectivity index (χ0n) is 12.9. The molecule has 0 radical (unpaired) electrons. The summed E-state index contributed by atoms with van der Waals surface area (Å²) in [5.74, 6) is -1.33. The summed E-state index contributed by atoms with van der Waals surface area (Å²) in [4.78, 5) is 23.4. The maximum Gasteiger partial charge on any atom is 0.306 e. The summed E-state index contributed by atoms with van der Waals surface area (Å²) in [6.45, 7) is 1.79. The Morgan fingerprint density at radius 1 is 1.26 bits per heavy atom. The molecule has 2 N–H and O–H groups in total. The largest absolute Gasteiger partial charge is 0.481 e. The number of nitrogens with zero attached hydrogens (tertiary/aromatic N) is 2. The number of carboxylic acid groups (broad SMARTS) is 1. The van der Waals surface area contributed by atoms with E-state index in [4.69, 9.17) is 5.11 Å². The first-order valence-corrected chi connectivity index (χ1v) is 7.70. The van der Waals surface area contributed by atoms with Gasteiger partial charge in [-0.25, -0.2) is 4.68 Å². The number of para-hydroxylation sites is 1. The van der Waals surface area contributed by atoms with E-state index in [1.165, 1.54) is 0 Å². The Morgan fingerprint density at radius 3 is 2.65 bits per heavy atom. The van der Waals surface area contributed by atoms with Crippen LogP contribution in [0.1, 0.15) is 35.3 Å². The Labute approximate surface area is 134 Å². The van der Waals surface area contributed by atoms with Crippen LogP contribution in [0.2, 0.25) is 0 Å². The maximum absolute atomic E-state index is 12.4. The molecular weight excluding hydrogens is 294 g/mol. The molecule has 3 rings (SSSR count). The van der Waals surface area contributed by atoms with Gasteiger partial charge in [-0.15, -0.1) is 0 Å². The molecule has 1 aliphatic carbocycles. The first kappa shape index (κ1) is 15.3. The minimum atomic E-state index is -0.783. The Bertz CT molecular complexity index is 724. The SMILES string of the molecule is Cc1nn(-c2ccccc2)cc1C(=O)N[C@@H]1CC[C@H](C(=O)O)C1. The highest BCUT2D eigenvalue weighted by Crippen LogP contribution is 2.26. The minimum absolute atomic E-state index is 0.0805. The molecule has 1 aromatic heterocycles. The van der Waals surface area contributed by atoms with Crippen LogP contribution in [0, 0.1) is 12.8 Å². The van der Waals surface area contributed by atoms with Crippen LogP contribution in [0.25, 0.3) is 5.69 Å². The second-order valence-corrected chi connectivity index (χ2v) is 5.93. The van der Waals surface area contributed by atoms with Gasteiger partial charge in [0.2, 0.25) is 0 Å². The van der Waals surface area contributed by atoms with Gasteiger partial charge in [0.05, 0.1) is 22.9 Å². The minimum Gasteiger partial charge on any atom is -0.481 e. The highest BCUT2D eigenvalue weighted by atomic mass is 16.4. The number of aromatic nitrogens is 2. The molecule has 1 amide bonds. The Hall–Kier alpha value is -2.63. The first-order valence-electron chi connectivity index (χ1n) is 7.70. The third-order valence-electron chi connectivity index (χ3n) is 4.28. The zero-order valence-corrected chi connectivity index (χ0v) is 12.9. The standard InChI is InChI=1S/C17H19N3O3/c1-11-15(10-20(19-11)14-5-3-2-4-6-14)16(21)18-13-8-7-12(9-13)17(22)23/h2-6,10,12-13H,7-9H2,1H3,(H,18,21)(H,22,23)/t12-,13+/m0/s1. The third kappa shape index (κ3) is 3.26. The number of aryl methyl sites for hydroxylation is 1. The normalized spacial score (nSPS) is 20.4. The summed E-state index contributed by atoms with van der Waals surface area (Å²) in [6.07, 6.45) is 3.52. The molecule has 0 spiro atoms. The number of carboxylic acids is 1. The summed E-state index contributed by atoms with van der Waals surface area (Å²) in [5, 5.41) is 16.3. The van der Waals surface area contributed by atoms with Gasteiger partial charge in [0.25, 0.3) is 5.91 Å². The maximum atomic E-state index is 12.4. The molecule has 1 saturated carbocycles. The summed E-state index contributed by atoms with van der Waals surface area (Å²) in [7, 11) is 0. The Morgan fingerprint density at radius 2 is 2.00 bits per heavy atom. The first-order chi connectivity index (χ1) is 11.0. The van der Waals surface area contributed by atoms with Gasteiger partial charge < -0.3 is 10.4 Å². The van der Waals surface area contributed by atoms with Gasteiger partial charge in [-0.2, -0.15) is 5.10 Å². The average Bonchev–Trinajstić information content (AvgIpc) is 3.15. The number of aliphatic carboxylic acids is 1. The lowest BCUT2D eigenvalue weighted by Crippen LogP contribution is -2.33. The topological polar surface area (TPSA) is 84.2 Å². The molecule has 6 nitrogen and oxygen atoms in total. The van der Waals surface area contributed by atoms with E-state index in [2.05, 4.69) is 10.4 Å². The van der Waals surface area contributed by atoms with E-state index in [0.29, 0.717) is 30.5 Å². The fraction of sp³-hybridized carbons (Fsp3) is 0.353. The van der Waals surface area contributed by atoms with Crippen LogP contribution >= 0.6 is 0 Å². The molecule has 1 heterocycles. The highest BCUT2D eigenvalue weighted by Gasteiger charge is 2.31. The molecule has 120 valence electrons. The smallest absolute Gasteiger partial charge is 0.306 e. The van der Waals surface area contributed by atoms with Gasteiger partial charge in [-0.1, -0.05) is 18.2 Å². The monoisotopic (exact) mass is 313 g/mol. The van der Waals surface area contributed by atoms with E-state index in [1.54, 1.807) is 17.8 Å². The lowest BCUT2D eigenvalue weighted by molar-refractivity contribution is -0.141. The van der Waals surface area contributed by atoms with Crippen molar-refractivity contribution < 1.29 is 14.7 Å². The fourth-order valence-electron chi connectivity index (χ4n) is 3.00. The van der Waals surface area contributed by atoms with Crippen LogP contribution in [-0.2, 0) is 4.79 Å². The number of rotatable bonds is 4. The van der Waals surface area contributed by atoms with Gasteiger partial charge in [0.1, 0.15) is 0 Å². The molecule has 0 unspecified atom stereocenters. The quantitative estimate of drug-likeness (QED) is 0.906. The van der Waals surface area contributed by atoms with Crippen LogP contribution in [0.3, 0.4) is 0 Å². The van der Waals surface area contributed by atoms with Crippen LogP contribution < -0.4 is 5.32 Å². The number of hydrogen-bond donors (Lipinski definition) is 2. The Kier molecular flexibility index (Phi) is 4.14. The van der Waals surface area contributed by atoms with Crippen molar-refractivity contribution in [2.45, 2.75) is 32.2 Å². The second kappa shape index (κ2) is 6.24. The lowest BCUT2D eigenvalue weighted by Gasteiger charge is -2.11. The molecule has 1 fully saturated rings. The van der Waals surface area contributed by atoms with E-state index in [1.807, 2.05) is 30.3 Å². The van der Waals surface area contributed by atoms with Gasteiger partial charge in [0, 0.05) is 12.2 Å². The van der Waals surface area contributed by atoms with E-state index in [-0.39, 0.29) is 17.9 Å². The number of benzene rings is 1. The van der Waals surface area contributed by atoms with Crippen LogP contribution in [0.15, 0.2) is 36.5 Å². The third-order valence-corrected chi connectivity index (χ3v) is 4.28. The molecule has 1 aromatic carbocycles. The molecule has 0 saturated heterocycles. The predicted octanol–water partition coefficient (Wildman–Crippen LogP) is 2.16. The van der Waals surface area contributed by atoms with Crippen molar-refractivity contribution in [3.63, 3.8) is 0 Å². The Balaban J connectivity index is 1.71. The second-order valence-electron chi connectivity index (χ2n) is 5.93.